The van der Waals surface area contributed by atoms with E-state index in [9.17, 15) is 14.9 Å². The molecule has 4 aromatic rings. The van der Waals surface area contributed by atoms with E-state index >= 15 is 0 Å². The van der Waals surface area contributed by atoms with Crippen LogP contribution in [-0.2, 0) is 6.54 Å². The fourth-order valence-electron chi connectivity index (χ4n) is 4.07. The van der Waals surface area contributed by atoms with Gasteiger partial charge in [0.25, 0.3) is 11.5 Å². The Morgan fingerprint density at radius 3 is 2.58 bits per heavy atom. The summed E-state index contributed by atoms with van der Waals surface area (Å²) in [5.41, 5.74) is 3.45. The molecule has 0 aliphatic heterocycles. The maximum Gasteiger partial charge on any atom is 0.279 e. The molecule has 166 valence electrons. The van der Waals surface area contributed by atoms with Gasteiger partial charge in [-0.3, -0.25) is 14.0 Å². The summed E-state index contributed by atoms with van der Waals surface area (Å²) in [5, 5.41) is 10.2. The highest BCUT2D eigenvalue weighted by molar-refractivity contribution is 5.95. The molecule has 1 aromatic carbocycles. The van der Waals surface area contributed by atoms with Gasteiger partial charge in [-0.15, -0.1) is 0 Å². The summed E-state index contributed by atoms with van der Waals surface area (Å²) in [6.07, 6.45) is 4.42. The van der Waals surface area contributed by atoms with E-state index in [-0.39, 0.29) is 16.6 Å². The van der Waals surface area contributed by atoms with Crippen LogP contribution in [0.15, 0.2) is 58.4 Å². The third-order valence-corrected chi connectivity index (χ3v) is 5.57. The van der Waals surface area contributed by atoms with Gasteiger partial charge in [-0.25, -0.2) is 4.98 Å². The summed E-state index contributed by atoms with van der Waals surface area (Å²) < 4.78 is 3.20. The number of rotatable bonds is 5. The zero-order valence-electron chi connectivity index (χ0n) is 19.0. The summed E-state index contributed by atoms with van der Waals surface area (Å²) in [4.78, 5) is 35.4. The van der Waals surface area contributed by atoms with E-state index in [0.717, 1.165) is 30.4 Å². The third kappa shape index (κ3) is 4.33. The number of aromatic nitrogens is 3. The van der Waals surface area contributed by atoms with Crippen LogP contribution in [0.1, 0.15) is 53.2 Å². The minimum Gasteiger partial charge on any atom is -0.309 e. The first-order valence-electron chi connectivity index (χ1n) is 11.1. The number of nitriles is 1. The number of benzene rings is 1. The summed E-state index contributed by atoms with van der Waals surface area (Å²) in [5.74, 6) is -0.431. The van der Waals surface area contributed by atoms with Crippen LogP contribution in [0.25, 0.3) is 16.7 Å². The lowest BCUT2D eigenvalue weighted by molar-refractivity contribution is 0.0997. The monoisotopic (exact) mass is 439 g/mol. The average molecular weight is 440 g/mol. The lowest BCUT2D eigenvalue weighted by atomic mass is 10.1. The van der Waals surface area contributed by atoms with Crippen LogP contribution in [0.2, 0.25) is 0 Å². The molecule has 0 aliphatic rings. The number of aryl methyl sites for hydroxylation is 3. The second kappa shape index (κ2) is 9.21. The summed E-state index contributed by atoms with van der Waals surface area (Å²) in [6, 6.07) is 14.5. The lowest BCUT2D eigenvalue weighted by Gasteiger charge is -2.13. The summed E-state index contributed by atoms with van der Waals surface area (Å²) in [7, 11) is 0. The van der Waals surface area contributed by atoms with Gasteiger partial charge in [0.2, 0.25) is 0 Å². The molecule has 4 rings (SSSR count). The van der Waals surface area contributed by atoms with Crippen molar-refractivity contribution in [2.75, 3.05) is 0 Å². The standard InChI is InChI=1S/C26H25N5O2/c1-4-5-7-11-31-23(29-25(32)19-13-17(2)12-18(3)14-19)20(16-27)15-21-24(31)28-22-9-6-8-10-30(22)26(21)33/h6,8-10,12-15H,4-5,7,11H2,1-3H3. The van der Waals surface area contributed by atoms with Gasteiger partial charge >= 0.3 is 0 Å². The summed E-state index contributed by atoms with van der Waals surface area (Å²) >= 11 is 0. The minimum absolute atomic E-state index is 0.173. The molecule has 0 saturated carbocycles. The fourth-order valence-corrected chi connectivity index (χ4v) is 4.07. The molecule has 0 aliphatic carbocycles. The number of hydrogen-bond donors (Lipinski definition) is 0. The Kier molecular flexibility index (Phi) is 6.18. The van der Waals surface area contributed by atoms with E-state index in [1.54, 1.807) is 35.0 Å². The molecule has 33 heavy (non-hydrogen) atoms. The van der Waals surface area contributed by atoms with Crippen LogP contribution >= 0.6 is 0 Å². The molecular weight excluding hydrogens is 414 g/mol. The van der Waals surface area contributed by atoms with E-state index in [1.165, 1.54) is 10.5 Å². The van der Waals surface area contributed by atoms with Crippen molar-refractivity contribution in [3.05, 3.63) is 86.8 Å². The van der Waals surface area contributed by atoms with E-state index in [0.29, 0.717) is 28.8 Å². The van der Waals surface area contributed by atoms with E-state index in [2.05, 4.69) is 18.0 Å². The second-order valence-electron chi connectivity index (χ2n) is 8.23. The zero-order chi connectivity index (χ0) is 23.5. The number of hydrogen-bond acceptors (Lipinski definition) is 4. The van der Waals surface area contributed by atoms with Gasteiger partial charge < -0.3 is 4.57 Å². The molecule has 7 nitrogen and oxygen atoms in total. The number of carbonyl (C=O) groups is 1. The smallest absolute Gasteiger partial charge is 0.279 e. The van der Waals surface area contributed by atoms with Crippen molar-refractivity contribution in [3.63, 3.8) is 0 Å². The largest absolute Gasteiger partial charge is 0.309 e. The highest BCUT2D eigenvalue weighted by Gasteiger charge is 2.15. The van der Waals surface area contributed by atoms with E-state index in [1.807, 2.05) is 26.0 Å². The van der Waals surface area contributed by atoms with Crippen LogP contribution in [-0.4, -0.2) is 19.9 Å². The normalized spacial score (nSPS) is 11.8. The quantitative estimate of drug-likeness (QED) is 0.346. The van der Waals surface area contributed by atoms with Crippen molar-refractivity contribution >= 4 is 22.6 Å². The first-order chi connectivity index (χ1) is 15.9. The van der Waals surface area contributed by atoms with Crippen molar-refractivity contribution < 1.29 is 4.79 Å². The number of fused-ring (bicyclic) bond motifs is 2. The Morgan fingerprint density at radius 2 is 1.88 bits per heavy atom. The van der Waals surface area contributed by atoms with Crippen LogP contribution < -0.4 is 11.0 Å². The molecule has 0 radical (unpaired) electrons. The fraction of sp³-hybridized carbons (Fsp3) is 0.269. The number of unbranched alkanes of at least 4 members (excludes halogenated alkanes) is 2. The molecule has 0 bridgehead atoms. The molecule has 0 N–H and O–H groups in total. The second-order valence-corrected chi connectivity index (χ2v) is 8.23. The predicted molar refractivity (Wildman–Crippen MR) is 127 cm³/mol. The van der Waals surface area contributed by atoms with Crippen molar-refractivity contribution in [1.29, 1.82) is 5.26 Å². The van der Waals surface area contributed by atoms with Crippen LogP contribution in [0.5, 0.6) is 0 Å². The van der Waals surface area contributed by atoms with Gasteiger partial charge in [0.15, 0.2) is 5.49 Å². The van der Waals surface area contributed by atoms with Gasteiger partial charge in [0.1, 0.15) is 17.4 Å². The highest BCUT2D eigenvalue weighted by atomic mass is 16.1. The van der Waals surface area contributed by atoms with Crippen molar-refractivity contribution in [3.8, 4) is 6.07 Å². The zero-order valence-corrected chi connectivity index (χ0v) is 19.0. The lowest BCUT2D eigenvalue weighted by Crippen LogP contribution is -2.29. The predicted octanol–water partition coefficient (Wildman–Crippen LogP) is 4.07. The highest BCUT2D eigenvalue weighted by Crippen LogP contribution is 2.13. The van der Waals surface area contributed by atoms with Gasteiger partial charge in [0.05, 0.1) is 10.9 Å². The van der Waals surface area contributed by atoms with Gasteiger partial charge in [-0.1, -0.05) is 43.0 Å². The molecule has 3 heterocycles. The van der Waals surface area contributed by atoms with Crippen LogP contribution in [0.3, 0.4) is 0 Å². The number of pyridine rings is 2. The molecule has 0 saturated heterocycles. The third-order valence-electron chi connectivity index (χ3n) is 5.57. The van der Waals surface area contributed by atoms with E-state index in [4.69, 9.17) is 4.98 Å². The number of amides is 1. The Bertz CT molecular complexity index is 1530. The van der Waals surface area contributed by atoms with Crippen molar-refractivity contribution in [1.82, 2.24) is 14.0 Å². The van der Waals surface area contributed by atoms with E-state index < -0.39 is 5.91 Å². The van der Waals surface area contributed by atoms with Crippen LogP contribution in [0.4, 0.5) is 0 Å². The Hall–Kier alpha value is -4.05. The molecule has 0 atom stereocenters. The maximum absolute atomic E-state index is 13.2. The number of nitrogens with zero attached hydrogens (tertiary/aromatic N) is 5. The van der Waals surface area contributed by atoms with Gasteiger partial charge in [0, 0.05) is 18.3 Å². The summed E-state index contributed by atoms with van der Waals surface area (Å²) in [6.45, 7) is 6.44. The molecule has 0 fully saturated rings. The van der Waals surface area contributed by atoms with Gasteiger partial charge in [-0.05, 0) is 50.6 Å². The molecule has 0 unspecified atom stereocenters. The first kappa shape index (κ1) is 22.2. The van der Waals surface area contributed by atoms with Crippen molar-refractivity contribution in [2.45, 2.75) is 46.6 Å². The maximum atomic E-state index is 13.2. The van der Waals surface area contributed by atoms with Gasteiger partial charge in [-0.2, -0.15) is 10.3 Å². The topological polar surface area (TPSA) is 92.5 Å². The first-order valence-corrected chi connectivity index (χ1v) is 11.1. The SMILES string of the molecule is CCCCCn1c(=NC(=O)c2cc(C)cc(C)c2)c(C#N)cc2c(=O)n3ccccc3nc21. The Morgan fingerprint density at radius 1 is 1.12 bits per heavy atom. The Balaban J connectivity index is 2.05. The Labute approximate surface area is 191 Å². The molecule has 3 aromatic heterocycles. The van der Waals surface area contributed by atoms with Crippen molar-refractivity contribution in [2.24, 2.45) is 4.99 Å². The molecular formula is C26H25N5O2. The number of carbonyl (C=O) groups excluding carboxylic acids is 1. The molecule has 0 spiro atoms. The molecule has 7 heteroatoms. The average Bonchev–Trinajstić information content (AvgIpc) is 2.80. The minimum atomic E-state index is -0.431. The van der Waals surface area contributed by atoms with Crippen LogP contribution in [0, 0.1) is 25.2 Å². The molecule has 1 amide bonds.